The van der Waals surface area contributed by atoms with Gasteiger partial charge in [-0.2, -0.15) is 0 Å². The van der Waals surface area contributed by atoms with E-state index >= 15 is 0 Å². The molecule has 1 aliphatic heterocycles. The van der Waals surface area contributed by atoms with Crippen molar-refractivity contribution in [3.8, 4) is 11.1 Å². The molecule has 34 heavy (non-hydrogen) atoms. The van der Waals surface area contributed by atoms with Crippen molar-refractivity contribution in [1.82, 2.24) is 9.55 Å². The molecule has 0 unspecified atom stereocenters. The third kappa shape index (κ3) is 4.70. The molecule has 0 spiro atoms. The Kier molecular flexibility index (Phi) is 7.54. The minimum absolute atomic E-state index is 0.132. The van der Waals surface area contributed by atoms with Gasteiger partial charge in [-0.3, -0.25) is 0 Å². The first-order valence-electron chi connectivity index (χ1n) is 11.7. The summed E-state index contributed by atoms with van der Waals surface area (Å²) in [6.45, 7) is 2.63. The van der Waals surface area contributed by atoms with Crippen molar-refractivity contribution in [2.45, 2.75) is 57.8 Å². The van der Waals surface area contributed by atoms with E-state index in [9.17, 15) is 5.11 Å². The van der Waals surface area contributed by atoms with Crippen LogP contribution < -0.4 is 0 Å². The van der Waals surface area contributed by atoms with Crippen LogP contribution in [0.15, 0.2) is 69.2 Å². The molecule has 178 valence electrons. The number of aromatic nitrogens is 2. The zero-order chi connectivity index (χ0) is 24.3. The van der Waals surface area contributed by atoms with Crippen molar-refractivity contribution in [2.24, 2.45) is 20.7 Å². The fourth-order valence-corrected chi connectivity index (χ4v) is 9.54. The van der Waals surface area contributed by atoms with Crippen LogP contribution in [0.5, 0.6) is 0 Å². The van der Waals surface area contributed by atoms with Crippen molar-refractivity contribution in [2.75, 3.05) is 0 Å². The van der Waals surface area contributed by atoms with Gasteiger partial charge in [0.1, 0.15) is 0 Å². The molecule has 0 radical (unpaired) electrons. The third-order valence-corrected chi connectivity index (χ3v) is 14.0. The van der Waals surface area contributed by atoms with Crippen molar-refractivity contribution in [3.63, 3.8) is 0 Å². The Morgan fingerprint density at radius 3 is 2.29 bits per heavy atom. The van der Waals surface area contributed by atoms with Crippen LogP contribution in [0, 0.1) is 0 Å². The predicted molar refractivity (Wildman–Crippen MR) is 137 cm³/mol. The Morgan fingerprint density at radius 1 is 1.00 bits per heavy atom. The van der Waals surface area contributed by atoms with E-state index in [1.54, 1.807) is 0 Å². The standard InChI is InChI=1S/C22H22ClN6O.3CH3.Sn/c1-2-3-8-20-24-21(23)19(14-30)29(20)13-15-9-11-16(12-10-15)17-6-4-5-7-18(17)22-25-27-28-26-22;;;;/h4-7,9-12,30H,2-3,8,13-14H2,1H3;3*1H3;. The van der Waals surface area contributed by atoms with E-state index in [1.165, 1.54) is 0 Å². The van der Waals surface area contributed by atoms with Crippen LogP contribution in [-0.2, 0) is 23.3 Å². The van der Waals surface area contributed by atoms with Gasteiger partial charge in [-0.05, 0) is 0 Å². The molecule has 1 N–H and O–H groups in total. The SMILES string of the molecule is CCCCc1nc(Cl)c(CO)n1Cc1ccc(-c2ccccc2[C]2([Sn]([CH3])([CH3])[CH3])N=NN=N2)cc1. The molecule has 3 aromatic rings. The van der Waals surface area contributed by atoms with Gasteiger partial charge in [0, 0.05) is 0 Å². The molecule has 0 aliphatic carbocycles. The topological polar surface area (TPSA) is 87.5 Å². The average molecular weight is 586 g/mol. The number of hydrogen-bond donors (Lipinski definition) is 1. The van der Waals surface area contributed by atoms with Gasteiger partial charge in [0.05, 0.1) is 0 Å². The maximum atomic E-state index is 9.86. The number of aryl methyl sites for hydroxylation is 1. The zero-order valence-corrected chi connectivity index (χ0v) is 23.8. The van der Waals surface area contributed by atoms with E-state index in [0.717, 1.165) is 47.3 Å². The molecule has 0 amide bonds. The third-order valence-electron chi connectivity index (χ3n) is 6.38. The van der Waals surface area contributed by atoms with E-state index in [-0.39, 0.29) is 6.61 Å². The van der Waals surface area contributed by atoms with Crippen molar-refractivity contribution in [1.29, 1.82) is 0 Å². The van der Waals surface area contributed by atoms with Gasteiger partial charge in [-0.1, -0.05) is 13.3 Å². The first-order chi connectivity index (χ1) is 16.3. The maximum absolute atomic E-state index is 9.86. The zero-order valence-electron chi connectivity index (χ0n) is 20.2. The predicted octanol–water partition coefficient (Wildman–Crippen LogP) is 6.95. The Morgan fingerprint density at radius 2 is 1.68 bits per heavy atom. The molecular formula is C25H31ClN6OSn. The van der Waals surface area contributed by atoms with Gasteiger partial charge in [-0.15, -0.1) is 0 Å². The Bertz CT molecular complexity index is 1200. The van der Waals surface area contributed by atoms with Crippen LogP contribution in [0.1, 0.15) is 42.4 Å². The van der Waals surface area contributed by atoms with Crippen LogP contribution in [0.3, 0.4) is 0 Å². The van der Waals surface area contributed by atoms with Crippen LogP contribution in [0.2, 0.25) is 20.0 Å². The summed E-state index contributed by atoms with van der Waals surface area (Å²) in [4.78, 5) is 11.4. The number of imidazole rings is 1. The first kappa shape index (κ1) is 25.0. The van der Waals surface area contributed by atoms with Gasteiger partial charge in [0.15, 0.2) is 0 Å². The molecule has 7 nitrogen and oxygen atoms in total. The van der Waals surface area contributed by atoms with Crippen molar-refractivity contribution >= 4 is 30.0 Å². The first-order valence-corrected chi connectivity index (χ1v) is 22.0. The fraction of sp³-hybridized carbons (Fsp3) is 0.400. The monoisotopic (exact) mass is 586 g/mol. The van der Waals surface area contributed by atoms with Crippen LogP contribution in [0.4, 0.5) is 0 Å². The van der Waals surface area contributed by atoms with Crippen molar-refractivity contribution in [3.05, 3.63) is 76.3 Å². The fourth-order valence-electron chi connectivity index (χ4n) is 4.38. The van der Waals surface area contributed by atoms with E-state index in [0.29, 0.717) is 17.4 Å². The van der Waals surface area contributed by atoms with Gasteiger partial charge in [0.2, 0.25) is 0 Å². The molecular weight excluding hydrogens is 554 g/mol. The van der Waals surface area contributed by atoms with Crippen LogP contribution in [-0.4, -0.2) is 33.0 Å². The molecule has 0 bridgehead atoms. The molecule has 0 saturated carbocycles. The number of rotatable bonds is 9. The number of nitrogens with zero attached hydrogens (tertiary/aromatic N) is 6. The number of benzene rings is 2. The Balaban J connectivity index is 1.68. The second-order valence-corrected chi connectivity index (χ2v) is 24.8. The van der Waals surface area contributed by atoms with E-state index in [4.69, 9.17) is 11.6 Å². The second kappa shape index (κ2) is 10.3. The quantitative estimate of drug-likeness (QED) is 0.276. The van der Waals surface area contributed by atoms with Gasteiger partial charge in [0.25, 0.3) is 0 Å². The summed E-state index contributed by atoms with van der Waals surface area (Å²) in [5, 5.41) is 27.2. The summed E-state index contributed by atoms with van der Waals surface area (Å²) in [6, 6.07) is 16.8. The van der Waals surface area contributed by atoms with E-state index in [1.807, 2.05) is 16.7 Å². The normalized spacial score (nSPS) is 14.8. The summed E-state index contributed by atoms with van der Waals surface area (Å²) in [5.74, 6) is 0.918. The molecule has 1 aliphatic rings. The van der Waals surface area contributed by atoms with Gasteiger partial charge < -0.3 is 0 Å². The van der Waals surface area contributed by atoms with E-state index in [2.05, 4.69) is 83.8 Å². The summed E-state index contributed by atoms with van der Waals surface area (Å²) in [7, 11) is 0. The van der Waals surface area contributed by atoms with Crippen LogP contribution in [0.25, 0.3) is 11.1 Å². The number of aliphatic hydroxyl groups excluding tert-OH is 1. The molecule has 9 heteroatoms. The number of hydrogen-bond acceptors (Lipinski definition) is 6. The minimum atomic E-state index is -2.77. The van der Waals surface area contributed by atoms with Crippen LogP contribution >= 0.6 is 11.6 Å². The molecule has 1 aromatic heterocycles. The summed E-state index contributed by atoms with van der Waals surface area (Å²) in [6.07, 6.45) is 2.95. The molecule has 0 atom stereocenters. The number of unbranched alkanes of at least 4 members (excludes halogenated alkanes) is 1. The molecule has 2 heterocycles. The molecule has 2 aromatic carbocycles. The summed E-state index contributed by atoms with van der Waals surface area (Å²) >= 11 is 3.54. The average Bonchev–Trinajstić information content (AvgIpc) is 3.44. The molecule has 0 saturated heterocycles. The Hall–Kier alpha value is -2.10. The summed E-state index contributed by atoms with van der Waals surface area (Å²) in [5.41, 5.74) is 5.06. The molecule has 0 fully saturated rings. The van der Waals surface area contributed by atoms with Gasteiger partial charge in [-0.25, -0.2) is 0 Å². The van der Waals surface area contributed by atoms with E-state index < -0.39 is 22.1 Å². The van der Waals surface area contributed by atoms with Gasteiger partial charge >= 0.3 is 197 Å². The Labute approximate surface area is 209 Å². The number of halogens is 1. The summed E-state index contributed by atoms with van der Waals surface area (Å²) < 4.78 is 1.39. The second-order valence-electron chi connectivity index (χ2n) is 9.66. The number of aliphatic hydroxyl groups is 1. The van der Waals surface area contributed by atoms with Crippen molar-refractivity contribution < 1.29 is 5.11 Å². The molecule has 4 rings (SSSR count).